The highest BCUT2D eigenvalue weighted by Gasteiger charge is 2.23. The average molecular weight is 478 g/mol. The minimum atomic E-state index is -0.182. The molecule has 1 aromatic carbocycles. The topological polar surface area (TPSA) is 45.7 Å². The molecular weight excluding hydrogens is 441 g/mol. The van der Waals surface area contributed by atoms with Crippen LogP contribution in [0.1, 0.15) is 50.2 Å². The molecule has 0 amide bonds. The number of nitrogens with zero attached hydrogens (tertiary/aromatic N) is 3. The number of allylic oxidation sites excluding steroid dienone is 3. The highest BCUT2D eigenvalue weighted by molar-refractivity contribution is 5.82. The maximum atomic E-state index is 13.7. The number of hydrogen-bond donors (Lipinski definition) is 0. The van der Waals surface area contributed by atoms with Crippen LogP contribution in [0, 0.1) is 18.7 Å². The van der Waals surface area contributed by atoms with Crippen LogP contribution in [0.5, 0.6) is 5.75 Å². The summed E-state index contributed by atoms with van der Waals surface area (Å²) in [5.74, 6) is 2.29. The lowest BCUT2D eigenvalue weighted by molar-refractivity contribution is -0.120. The zero-order chi connectivity index (χ0) is 24.8. The Hall–Kier alpha value is -3.15. The predicted octanol–water partition coefficient (Wildman–Crippen LogP) is 5.80. The van der Waals surface area contributed by atoms with Crippen LogP contribution in [0.2, 0.25) is 0 Å². The SMILES string of the molecule is CCC1=CC(c2ccc(F)c(C)c2)=CCN1CC(=O)CC1CCCN(c2cc(OC)ccn2)CC1. The molecule has 1 unspecified atom stereocenters. The van der Waals surface area contributed by atoms with E-state index in [1.54, 1.807) is 20.2 Å². The van der Waals surface area contributed by atoms with Crippen molar-refractivity contribution in [3.8, 4) is 5.75 Å². The molecule has 1 fully saturated rings. The molecule has 186 valence electrons. The third-order valence-electron chi connectivity index (χ3n) is 7.12. The van der Waals surface area contributed by atoms with Gasteiger partial charge in [0.05, 0.1) is 13.7 Å². The minimum absolute atomic E-state index is 0.182. The van der Waals surface area contributed by atoms with Crippen LogP contribution in [0.25, 0.3) is 5.57 Å². The summed E-state index contributed by atoms with van der Waals surface area (Å²) in [5.41, 5.74) is 3.93. The summed E-state index contributed by atoms with van der Waals surface area (Å²) in [4.78, 5) is 22.1. The van der Waals surface area contributed by atoms with Gasteiger partial charge in [0.15, 0.2) is 5.78 Å². The fourth-order valence-corrected chi connectivity index (χ4v) is 5.07. The minimum Gasteiger partial charge on any atom is -0.497 e. The number of Topliss-reactive ketones (excluding diaryl/α,β-unsaturated/α-hetero) is 1. The van der Waals surface area contributed by atoms with Crippen molar-refractivity contribution in [3.05, 3.63) is 71.3 Å². The predicted molar refractivity (Wildman–Crippen MR) is 139 cm³/mol. The lowest BCUT2D eigenvalue weighted by Crippen LogP contribution is -2.32. The molecule has 5 nitrogen and oxygen atoms in total. The van der Waals surface area contributed by atoms with Crippen molar-refractivity contribution in [1.82, 2.24) is 9.88 Å². The van der Waals surface area contributed by atoms with E-state index >= 15 is 0 Å². The summed E-state index contributed by atoms with van der Waals surface area (Å²) in [5, 5.41) is 0. The molecule has 0 N–H and O–H groups in total. The van der Waals surface area contributed by atoms with E-state index in [2.05, 4.69) is 33.9 Å². The quantitative estimate of drug-likeness (QED) is 0.481. The number of hydrogen-bond acceptors (Lipinski definition) is 5. The molecular formula is C29H36FN3O2. The Morgan fingerprint density at radius 3 is 2.83 bits per heavy atom. The molecule has 2 aliphatic heterocycles. The van der Waals surface area contributed by atoms with Gasteiger partial charge in [0.2, 0.25) is 0 Å². The molecule has 0 saturated carbocycles. The molecule has 4 rings (SSSR count). The first-order valence-electron chi connectivity index (χ1n) is 12.7. The van der Waals surface area contributed by atoms with Crippen molar-refractivity contribution in [2.45, 2.75) is 46.0 Å². The van der Waals surface area contributed by atoms with E-state index in [0.29, 0.717) is 36.8 Å². The Kier molecular flexibility index (Phi) is 8.21. The first kappa shape index (κ1) is 25.0. The van der Waals surface area contributed by atoms with Gasteiger partial charge in [-0.25, -0.2) is 9.37 Å². The molecule has 3 heterocycles. The normalized spacial score (nSPS) is 18.6. The third kappa shape index (κ3) is 6.30. The van der Waals surface area contributed by atoms with E-state index in [1.165, 1.54) is 6.07 Å². The van der Waals surface area contributed by atoms with Gasteiger partial charge < -0.3 is 14.5 Å². The number of ketones is 1. The number of aryl methyl sites for hydroxylation is 1. The fourth-order valence-electron chi connectivity index (χ4n) is 5.07. The monoisotopic (exact) mass is 477 g/mol. The van der Waals surface area contributed by atoms with E-state index < -0.39 is 0 Å². The number of methoxy groups -OCH3 is 1. The molecule has 2 aliphatic rings. The van der Waals surface area contributed by atoms with Gasteiger partial charge >= 0.3 is 0 Å². The molecule has 0 radical (unpaired) electrons. The smallest absolute Gasteiger partial charge is 0.152 e. The summed E-state index contributed by atoms with van der Waals surface area (Å²) < 4.78 is 19.0. The second kappa shape index (κ2) is 11.5. The van der Waals surface area contributed by atoms with Gasteiger partial charge in [-0.15, -0.1) is 0 Å². The van der Waals surface area contributed by atoms with Crippen molar-refractivity contribution in [1.29, 1.82) is 0 Å². The Bertz CT molecular complexity index is 1110. The molecule has 35 heavy (non-hydrogen) atoms. The number of halogens is 1. The molecule has 0 bridgehead atoms. The van der Waals surface area contributed by atoms with Gasteiger partial charge in [-0.3, -0.25) is 4.79 Å². The maximum Gasteiger partial charge on any atom is 0.152 e. The number of ether oxygens (including phenoxy) is 1. The number of carbonyl (C=O) groups is 1. The Balaban J connectivity index is 1.32. The number of benzene rings is 1. The van der Waals surface area contributed by atoms with E-state index in [9.17, 15) is 9.18 Å². The highest BCUT2D eigenvalue weighted by Crippen LogP contribution is 2.28. The van der Waals surface area contributed by atoms with Gasteiger partial charge in [-0.1, -0.05) is 19.1 Å². The van der Waals surface area contributed by atoms with E-state index in [4.69, 9.17) is 4.74 Å². The largest absolute Gasteiger partial charge is 0.497 e. The molecule has 1 atom stereocenters. The zero-order valence-corrected chi connectivity index (χ0v) is 21.1. The van der Waals surface area contributed by atoms with Gasteiger partial charge in [0.25, 0.3) is 0 Å². The average Bonchev–Trinajstić information content (AvgIpc) is 3.11. The van der Waals surface area contributed by atoms with Crippen LogP contribution in [0.3, 0.4) is 0 Å². The van der Waals surface area contributed by atoms with Crippen LogP contribution in [0.15, 0.2) is 54.4 Å². The Labute approximate surface area is 208 Å². The number of anilines is 1. The van der Waals surface area contributed by atoms with Gasteiger partial charge in [0, 0.05) is 44.0 Å². The van der Waals surface area contributed by atoms with Gasteiger partial charge in [0.1, 0.15) is 17.4 Å². The summed E-state index contributed by atoms with van der Waals surface area (Å²) in [7, 11) is 1.67. The van der Waals surface area contributed by atoms with E-state index in [1.807, 2.05) is 24.3 Å². The standard InChI is InChI=1S/C29H36FN3O2/c1-4-25-18-24(23-7-8-28(30)21(2)16-23)11-15-33(25)20-26(34)17-22-6-5-13-32(14-10-22)29-19-27(35-3)9-12-31-29/h7-9,11-12,16,18-19,22H,4-6,10,13-15,17,20H2,1-3H3. The zero-order valence-electron chi connectivity index (χ0n) is 21.1. The van der Waals surface area contributed by atoms with E-state index in [-0.39, 0.29) is 5.82 Å². The van der Waals surface area contributed by atoms with Crippen LogP contribution in [-0.2, 0) is 4.79 Å². The second-order valence-electron chi connectivity index (χ2n) is 9.57. The van der Waals surface area contributed by atoms with Crippen molar-refractivity contribution in [2.75, 3.05) is 38.2 Å². The first-order chi connectivity index (χ1) is 17.0. The van der Waals surface area contributed by atoms with Crippen molar-refractivity contribution in [2.24, 2.45) is 5.92 Å². The molecule has 0 spiro atoms. The number of rotatable bonds is 8. The van der Waals surface area contributed by atoms with Crippen LogP contribution in [0.4, 0.5) is 10.2 Å². The lowest BCUT2D eigenvalue weighted by Gasteiger charge is -2.29. The summed E-state index contributed by atoms with van der Waals surface area (Å²) in [6, 6.07) is 9.09. The fraction of sp³-hybridized carbons (Fsp3) is 0.448. The Morgan fingerprint density at radius 2 is 2.06 bits per heavy atom. The molecule has 6 heteroatoms. The highest BCUT2D eigenvalue weighted by atomic mass is 19.1. The van der Waals surface area contributed by atoms with Crippen molar-refractivity contribution < 1.29 is 13.9 Å². The van der Waals surface area contributed by atoms with E-state index in [0.717, 1.165) is 67.2 Å². The molecule has 2 aromatic rings. The number of carbonyl (C=O) groups excluding carboxylic acids is 1. The summed E-state index contributed by atoms with van der Waals surface area (Å²) in [6.45, 7) is 6.92. The first-order valence-corrected chi connectivity index (χ1v) is 12.7. The van der Waals surface area contributed by atoms with Crippen molar-refractivity contribution in [3.63, 3.8) is 0 Å². The lowest BCUT2D eigenvalue weighted by atomic mass is 9.94. The number of aromatic nitrogens is 1. The summed E-state index contributed by atoms with van der Waals surface area (Å²) >= 11 is 0. The molecule has 1 aromatic heterocycles. The maximum absolute atomic E-state index is 13.7. The summed E-state index contributed by atoms with van der Waals surface area (Å²) in [6.07, 6.45) is 10.7. The number of pyridine rings is 1. The second-order valence-corrected chi connectivity index (χ2v) is 9.57. The third-order valence-corrected chi connectivity index (χ3v) is 7.12. The van der Waals surface area contributed by atoms with Crippen LogP contribution in [-0.4, -0.2) is 49.0 Å². The molecule has 1 saturated heterocycles. The Morgan fingerprint density at radius 1 is 1.20 bits per heavy atom. The van der Waals surface area contributed by atoms with Crippen LogP contribution >= 0.6 is 0 Å². The molecule has 0 aliphatic carbocycles. The van der Waals surface area contributed by atoms with Gasteiger partial charge in [-0.2, -0.15) is 0 Å². The van der Waals surface area contributed by atoms with Crippen molar-refractivity contribution >= 4 is 17.2 Å². The van der Waals surface area contributed by atoms with Crippen LogP contribution < -0.4 is 9.64 Å². The van der Waals surface area contributed by atoms with Gasteiger partial charge in [-0.05, 0) is 79.5 Å².